The van der Waals surface area contributed by atoms with Crippen LogP contribution < -0.4 is 15.2 Å². The highest BCUT2D eigenvalue weighted by Gasteiger charge is 2.30. The molecule has 0 unspecified atom stereocenters. The lowest BCUT2D eigenvalue weighted by Crippen LogP contribution is -2.36. The molecule has 0 saturated carbocycles. The van der Waals surface area contributed by atoms with Crippen LogP contribution in [0.1, 0.15) is 24.4 Å². The Bertz CT molecular complexity index is 826. The second-order valence-electron chi connectivity index (χ2n) is 6.02. The summed E-state index contributed by atoms with van der Waals surface area (Å²) in [6.45, 7) is 0.670. The van der Waals surface area contributed by atoms with Crippen LogP contribution in [-0.4, -0.2) is 45.9 Å². The lowest BCUT2D eigenvalue weighted by atomic mass is 10.0. The molecule has 0 radical (unpaired) electrons. The highest BCUT2D eigenvalue weighted by molar-refractivity contribution is 5.77. The molecule has 0 aliphatic carbocycles. The molecule has 0 bridgehead atoms. The number of hydrogen-bond donors (Lipinski definition) is 0. The number of ether oxygens (including phenoxy) is 2. The van der Waals surface area contributed by atoms with Crippen LogP contribution in [0.4, 0.5) is 0 Å². The van der Waals surface area contributed by atoms with Gasteiger partial charge in [0.25, 0.3) is 0 Å². The normalized spacial score (nSPS) is 16.9. The third-order valence-electron chi connectivity index (χ3n) is 4.56. The zero-order valence-corrected chi connectivity index (χ0v) is 14.6. The summed E-state index contributed by atoms with van der Waals surface area (Å²) < 4.78 is 13.2. The number of aryl methyl sites for hydroxylation is 1. The van der Waals surface area contributed by atoms with Crippen molar-refractivity contribution < 1.29 is 14.3 Å². The standard InChI is InChI=1S/C17H22N4O4/c1-19-17(23)20(11-18-19)10-16(22)21-8-4-5-13(21)12-6-7-14(24-2)15(9-12)25-3/h6-7,9,11,13H,4-5,8,10H2,1-3H3/t13-/m1/s1. The first-order valence-electron chi connectivity index (χ1n) is 8.15. The highest BCUT2D eigenvalue weighted by atomic mass is 16.5. The van der Waals surface area contributed by atoms with E-state index in [2.05, 4.69) is 5.10 Å². The number of likely N-dealkylation sites (tertiary alicyclic amines) is 1. The summed E-state index contributed by atoms with van der Waals surface area (Å²) >= 11 is 0. The van der Waals surface area contributed by atoms with Gasteiger partial charge in [0.2, 0.25) is 5.91 Å². The third-order valence-corrected chi connectivity index (χ3v) is 4.56. The maximum atomic E-state index is 12.7. The van der Waals surface area contributed by atoms with E-state index in [1.807, 2.05) is 23.1 Å². The lowest BCUT2D eigenvalue weighted by Gasteiger charge is -2.25. The molecule has 8 heteroatoms. The summed E-state index contributed by atoms with van der Waals surface area (Å²) in [6.07, 6.45) is 3.19. The van der Waals surface area contributed by atoms with Crippen molar-refractivity contribution in [3.8, 4) is 11.5 Å². The molecule has 8 nitrogen and oxygen atoms in total. The first kappa shape index (κ1) is 17.1. The number of aromatic nitrogens is 3. The molecular weight excluding hydrogens is 324 g/mol. The van der Waals surface area contributed by atoms with Gasteiger partial charge >= 0.3 is 5.69 Å². The van der Waals surface area contributed by atoms with Gasteiger partial charge in [0.05, 0.1) is 20.3 Å². The maximum absolute atomic E-state index is 12.7. The Morgan fingerprint density at radius 2 is 2.04 bits per heavy atom. The van der Waals surface area contributed by atoms with Gasteiger partial charge in [0.1, 0.15) is 12.9 Å². The number of nitrogens with zero attached hydrogens (tertiary/aromatic N) is 4. The Kier molecular flexibility index (Phi) is 4.78. The first-order chi connectivity index (χ1) is 12.0. The Labute approximate surface area is 145 Å². The molecule has 1 aromatic carbocycles. The maximum Gasteiger partial charge on any atom is 0.345 e. The predicted molar refractivity (Wildman–Crippen MR) is 90.7 cm³/mol. The van der Waals surface area contributed by atoms with Crippen LogP contribution in [-0.2, 0) is 18.4 Å². The zero-order valence-electron chi connectivity index (χ0n) is 14.6. The monoisotopic (exact) mass is 346 g/mol. The van der Waals surface area contributed by atoms with E-state index < -0.39 is 0 Å². The fourth-order valence-electron chi connectivity index (χ4n) is 3.24. The second-order valence-corrected chi connectivity index (χ2v) is 6.02. The minimum atomic E-state index is -0.296. The van der Waals surface area contributed by atoms with E-state index in [0.29, 0.717) is 18.0 Å². The van der Waals surface area contributed by atoms with E-state index in [4.69, 9.17) is 9.47 Å². The zero-order chi connectivity index (χ0) is 18.0. The molecule has 1 amide bonds. The molecule has 25 heavy (non-hydrogen) atoms. The summed E-state index contributed by atoms with van der Waals surface area (Å²) in [7, 11) is 4.74. The van der Waals surface area contributed by atoms with Crippen LogP contribution in [0.2, 0.25) is 0 Å². The summed E-state index contributed by atoms with van der Waals surface area (Å²) in [4.78, 5) is 26.4. The second kappa shape index (κ2) is 7.00. The molecule has 134 valence electrons. The van der Waals surface area contributed by atoms with Crippen LogP contribution in [0.3, 0.4) is 0 Å². The van der Waals surface area contributed by atoms with Gasteiger partial charge in [-0.1, -0.05) is 6.07 Å². The SMILES string of the molecule is COc1ccc([C@H]2CCCN2C(=O)Cn2cnn(C)c2=O)cc1OC. The number of methoxy groups -OCH3 is 2. The van der Waals surface area contributed by atoms with E-state index in [-0.39, 0.29) is 24.2 Å². The number of carbonyl (C=O) groups is 1. The highest BCUT2D eigenvalue weighted by Crippen LogP contribution is 2.36. The average Bonchev–Trinajstić information content (AvgIpc) is 3.23. The molecule has 1 saturated heterocycles. The van der Waals surface area contributed by atoms with Crippen LogP contribution in [0.15, 0.2) is 29.3 Å². The van der Waals surface area contributed by atoms with Gasteiger partial charge in [-0.15, -0.1) is 0 Å². The van der Waals surface area contributed by atoms with Gasteiger partial charge < -0.3 is 14.4 Å². The van der Waals surface area contributed by atoms with Gasteiger partial charge in [-0.05, 0) is 30.5 Å². The molecular formula is C17H22N4O4. The summed E-state index contributed by atoms with van der Waals surface area (Å²) in [5.74, 6) is 1.21. The number of carbonyl (C=O) groups excluding carboxylic acids is 1. The average molecular weight is 346 g/mol. The van der Waals surface area contributed by atoms with Crippen molar-refractivity contribution in [3.05, 3.63) is 40.6 Å². The topological polar surface area (TPSA) is 78.6 Å². The number of hydrogen-bond acceptors (Lipinski definition) is 5. The number of benzene rings is 1. The minimum Gasteiger partial charge on any atom is -0.493 e. The van der Waals surface area contributed by atoms with Crippen LogP contribution in [0.25, 0.3) is 0 Å². The quantitative estimate of drug-likeness (QED) is 0.806. The van der Waals surface area contributed by atoms with Crippen molar-refractivity contribution in [3.63, 3.8) is 0 Å². The van der Waals surface area contributed by atoms with Gasteiger partial charge in [-0.25, -0.2) is 9.48 Å². The molecule has 1 aliphatic rings. The fraction of sp³-hybridized carbons (Fsp3) is 0.471. The van der Waals surface area contributed by atoms with Gasteiger partial charge in [0, 0.05) is 13.6 Å². The predicted octanol–water partition coefficient (Wildman–Crippen LogP) is 0.963. The van der Waals surface area contributed by atoms with Gasteiger partial charge in [-0.3, -0.25) is 9.36 Å². The molecule has 0 spiro atoms. The van der Waals surface area contributed by atoms with Crippen LogP contribution in [0, 0.1) is 0 Å². The van der Waals surface area contributed by atoms with Gasteiger partial charge in [-0.2, -0.15) is 5.10 Å². The Balaban J connectivity index is 1.81. The summed E-state index contributed by atoms with van der Waals surface area (Å²) in [5, 5.41) is 3.88. The van der Waals surface area contributed by atoms with E-state index >= 15 is 0 Å². The molecule has 1 aromatic heterocycles. The first-order valence-corrected chi connectivity index (χ1v) is 8.15. The molecule has 2 aromatic rings. The molecule has 1 aliphatic heterocycles. The van der Waals surface area contributed by atoms with E-state index in [1.54, 1.807) is 21.3 Å². The number of amides is 1. The van der Waals surface area contributed by atoms with Crippen molar-refractivity contribution >= 4 is 5.91 Å². The molecule has 1 fully saturated rings. The van der Waals surface area contributed by atoms with Crippen LogP contribution >= 0.6 is 0 Å². The molecule has 1 atom stereocenters. The summed E-state index contributed by atoms with van der Waals surface area (Å²) in [5.41, 5.74) is 0.706. The van der Waals surface area contributed by atoms with Gasteiger partial charge in [0.15, 0.2) is 11.5 Å². The molecule has 2 heterocycles. The summed E-state index contributed by atoms with van der Waals surface area (Å²) in [6, 6.07) is 5.68. The van der Waals surface area contributed by atoms with Crippen molar-refractivity contribution in [2.45, 2.75) is 25.4 Å². The Morgan fingerprint density at radius 1 is 1.28 bits per heavy atom. The fourth-order valence-corrected chi connectivity index (χ4v) is 3.24. The van der Waals surface area contributed by atoms with E-state index in [9.17, 15) is 9.59 Å². The van der Waals surface area contributed by atoms with E-state index in [0.717, 1.165) is 18.4 Å². The number of rotatable bonds is 5. The van der Waals surface area contributed by atoms with Crippen molar-refractivity contribution in [2.75, 3.05) is 20.8 Å². The van der Waals surface area contributed by atoms with Crippen molar-refractivity contribution in [1.29, 1.82) is 0 Å². The molecule has 3 rings (SSSR count). The smallest absolute Gasteiger partial charge is 0.345 e. The minimum absolute atomic E-state index is 0.00351. The van der Waals surface area contributed by atoms with E-state index in [1.165, 1.54) is 15.6 Å². The van der Waals surface area contributed by atoms with Crippen molar-refractivity contribution in [2.24, 2.45) is 7.05 Å². The van der Waals surface area contributed by atoms with Crippen molar-refractivity contribution in [1.82, 2.24) is 19.2 Å². The third kappa shape index (κ3) is 3.24. The Morgan fingerprint density at radius 3 is 2.68 bits per heavy atom. The van der Waals surface area contributed by atoms with Crippen LogP contribution in [0.5, 0.6) is 11.5 Å². The lowest BCUT2D eigenvalue weighted by molar-refractivity contribution is -0.132. The molecule has 0 N–H and O–H groups in total. The Hall–Kier alpha value is -2.77. The largest absolute Gasteiger partial charge is 0.493 e.